The van der Waals surface area contributed by atoms with Gasteiger partial charge in [0.2, 0.25) is 5.91 Å². The van der Waals surface area contributed by atoms with Gasteiger partial charge >= 0.3 is 0 Å². The molecule has 1 atom stereocenters. The Balaban J connectivity index is 2.03. The van der Waals surface area contributed by atoms with Gasteiger partial charge in [0.25, 0.3) is 0 Å². The summed E-state index contributed by atoms with van der Waals surface area (Å²) in [5.41, 5.74) is -0.356. The molecule has 0 bridgehead atoms. The van der Waals surface area contributed by atoms with Gasteiger partial charge < -0.3 is 10.0 Å². The molecule has 0 aliphatic heterocycles. The fourth-order valence-corrected chi connectivity index (χ4v) is 2.41. The Bertz CT molecular complexity index is 549. The highest BCUT2D eigenvalue weighted by molar-refractivity contribution is 5.78. The molecule has 5 heteroatoms. The number of aliphatic hydroxyl groups excluding tert-OH is 1. The van der Waals surface area contributed by atoms with Gasteiger partial charge in [-0.2, -0.15) is 5.26 Å². The molecule has 1 unspecified atom stereocenters. The van der Waals surface area contributed by atoms with Gasteiger partial charge in [0.05, 0.1) is 18.6 Å². The van der Waals surface area contributed by atoms with Crippen LogP contribution in [0.2, 0.25) is 0 Å². The van der Waals surface area contributed by atoms with E-state index < -0.39 is 17.5 Å². The van der Waals surface area contributed by atoms with E-state index in [1.165, 1.54) is 23.1 Å². The average molecular weight is 276 g/mol. The zero-order valence-corrected chi connectivity index (χ0v) is 11.3. The first-order chi connectivity index (χ1) is 9.48. The smallest absolute Gasteiger partial charge is 0.226 e. The van der Waals surface area contributed by atoms with Crippen LogP contribution in [0, 0.1) is 17.1 Å². The van der Waals surface area contributed by atoms with E-state index in [9.17, 15) is 19.6 Å². The lowest BCUT2D eigenvalue weighted by molar-refractivity contribution is -0.138. The molecule has 20 heavy (non-hydrogen) atoms. The Kier molecular flexibility index (Phi) is 4.05. The molecule has 1 aromatic rings. The number of nitriles is 1. The van der Waals surface area contributed by atoms with E-state index in [0.29, 0.717) is 18.4 Å². The molecule has 0 saturated heterocycles. The van der Waals surface area contributed by atoms with Crippen molar-refractivity contribution in [3.63, 3.8) is 0 Å². The number of carbonyl (C=O) groups is 1. The van der Waals surface area contributed by atoms with Crippen LogP contribution in [0.5, 0.6) is 0 Å². The molecule has 1 fully saturated rings. The predicted molar refractivity (Wildman–Crippen MR) is 70.9 cm³/mol. The van der Waals surface area contributed by atoms with E-state index in [1.807, 2.05) is 0 Å². The number of aliphatic hydroxyl groups is 1. The number of hydrogen-bond acceptors (Lipinski definition) is 3. The third-order valence-corrected chi connectivity index (χ3v) is 4.01. The van der Waals surface area contributed by atoms with Crippen molar-refractivity contribution >= 4 is 5.91 Å². The molecule has 1 aliphatic rings. The minimum atomic E-state index is -1.06. The van der Waals surface area contributed by atoms with Crippen molar-refractivity contribution in [3.05, 3.63) is 35.6 Å². The number of rotatable bonds is 4. The van der Waals surface area contributed by atoms with E-state index >= 15 is 0 Å². The second-order valence-electron chi connectivity index (χ2n) is 5.22. The Morgan fingerprint density at radius 3 is 2.80 bits per heavy atom. The molecule has 2 rings (SSSR count). The van der Waals surface area contributed by atoms with Crippen molar-refractivity contribution in [3.8, 4) is 6.07 Å². The third kappa shape index (κ3) is 2.66. The highest BCUT2D eigenvalue weighted by Gasteiger charge is 2.43. The zero-order valence-electron chi connectivity index (χ0n) is 11.3. The van der Waals surface area contributed by atoms with E-state index in [2.05, 4.69) is 6.07 Å². The Morgan fingerprint density at radius 2 is 2.30 bits per heavy atom. The fraction of sp³-hybridized carbons (Fsp3) is 0.467. The summed E-state index contributed by atoms with van der Waals surface area (Å²) in [5, 5.41) is 19.2. The molecule has 0 spiro atoms. The number of carbonyl (C=O) groups excluding carboxylic acids is 1. The molecule has 1 aromatic carbocycles. The summed E-state index contributed by atoms with van der Waals surface area (Å²) < 4.78 is 13.1. The lowest BCUT2D eigenvalue weighted by Crippen LogP contribution is -2.53. The van der Waals surface area contributed by atoms with Crippen LogP contribution < -0.4 is 0 Å². The second-order valence-corrected chi connectivity index (χ2v) is 5.22. The average Bonchev–Trinajstić information content (AvgIpc) is 2.37. The minimum Gasteiger partial charge on any atom is -0.388 e. The molecule has 4 nitrogen and oxygen atoms in total. The standard InChI is InChI=1S/C15H17FN2O2/c1-18(15(10-17)6-3-7-15)14(20)9-13(19)11-4-2-5-12(16)8-11/h2,4-5,8,13,19H,3,6-7,9H2,1H3. The molecule has 1 saturated carbocycles. The van der Waals surface area contributed by atoms with E-state index in [-0.39, 0.29) is 12.3 Å². The Hall–Kier alpha value is -1.93. The van der Waals surface area contributed by atoms with Crippen LogP contribution in [-0.4, -0.2) is 28.5 Å². The van der Waals surface area contributed by atoms with Crippen LogP contribution in [0.4, 0.5) is 4.39 Å². The maximum absolute atomic E-state index is 13.1. The fourth-order valence-electron chi connectivity index (χ4n) is 2.41. The topological polar surface area (TPSA) is 64.3 Å². The van der Waals surface area contributed by atoms with Crippen molar-refractivity contribution in [1.29, 1.82) is 5.26 Å². The molecule has 1 amide bonds. The van der Waals surface area contributed by atoms with Crippen LogP contribution in [-0.2, 0) is 4.79 Å². The molecular weight excluding hydrogens is 259 g/mol. The molecule has 1 aliphatic carbocycles. The third-order valence-electron chi connectivity index (χ3n) is 4.01. The number of nitrogens with zero attached hydrogens (tertiary/aromatic N) is 2. The summed E-state index contributed by atoms with van der Waals surface area (Å²) in [6, 6.07) is 7.74. The molecule has 1 N–H and O–H groups in total. The summed E-state index contributed by atoms with van der Waals surface area (Å²) in [5.74, 6) is -0.752. The van der Waals surface area contributed by atoms with Crippen LogP contribution >= 0.6 is 0 Å². The van der Waals surface area contributed by atoms with Crippen molar-refractivity contribution < 1.29 is 14.3 Å². The van der Waals surface area contributed by atoms with Crippen LogP contribution in [0.1, 0.15) is 37.4 Å². The molecule has 0 heterocycles. The van der Waals surface area contributed by atoms with Crippen molar-refractivity contribution in [2.45, 2.75) is 37.3 Å². The lowest BCUT2D eigenvalue weighted by atomic mass is 9.76. The number of halogens is 1. The van der Waals surface area contributed by atoms with Gasteiger partial charge in [-0.05, 0) is 37.0 Å². The Labute approximate surface area is 117 Å². The number of hydrogen-bond donors (Lipinski definition) is 1. The van der Waals surface area contributed by atoms with E-state index in [0.717, 1.165) is 6.42 Å². The minimum absolute atomic E-state index is 0.149. The van der Waals surface area contributed by atoms with Gasteiger partial charge in [-0.3, -0.25) is 4.79 Å². The monoisotopic (exact) mass is 276 g/mol. The van der Waals surface area contributed by atoms with E-state index in [1.54, 1.807) is 13.1 Å². The number of amides is 1. The normalized spacial score (nSPS) is 17.7. The van der Waals surface area contributed by atoms with Gasteiger partial charge in [0.15, 0.2) is 0 Å². The zero-order chi connectivity index (χ0) is 14.8. The van der Waals surface area contributed by atoms with Crippen LogP contribution in [0.25, 0.3) is 0 Å². The highest BCUT2D eigenvalue weighted by atomic mass is 19.1. The maximum atomic E-state index is 13.1. The van der Waals surface area contributed by atoms with Gasteiger partial charge in [0.1, 0.15) is 11.4 Å². The summed E-state index contributed by atoms with van der Waals surface area (Å²) >= 11 is 0. The Morgan fingerprint density at radius 1 is 1.60 bits per heavy atom. The summed E-state index contributed by atoms with van der Waals surface area (Å²) in [4.78, 5) is 13.5. The van der Waals surface area contributed by atoms with Gasteiger partial charge in [-0.25, -0.2) is 4.39 Å². The maximum Gasteiger partial charge on any atom is 0.226 e. The highest BCUT2D eigenvalue weighted by Crippen LogP contribution is 2.37. The van der Waals surface area contributed by atoms with Crippen molar-refractivity contribution in [2.24, 2.45) is 0 Å². The summed E-state index contributed by atoms with van der Waals surface area (Å²) in [7, 11) is 1.59. The first-order valence-electron chi connectivity index (χ1n) is 6.60. The largest absolute Gasteiger partial charge is 0.388 e. The van der Waals surface area contributed by atoms with Crippen molar-refractivity contribution in [2.75, 3.05) is 7.05 Å². The van der Waals surface area contributed by atoms with Gasteiger partial charge in [0, 0.05) is 7.05 Å². The summed E-state index contributed by atoms with van der Waals surface area (Å²) in [6.45, 7) is 0. The quantitative estimate of drug-likeness (QED) is 0.916. The van der Waals surface area contributed by atoms with E-state index in [4.69, 9.17) is 0 Å². The molecular formula is C15H17FN2O2. The first kappa shape index (κ1) is 14.5. The van der Waals surface area contributed by atoms with Crippen LogP contribution in [0.3, 0.4) is 0 Å². The first-order valence-corrected chi connectivity index (χ1v) is 6.60. The summed E-state index contributed by atoms with van der Waals surface area (Å²) in [6.07, 6.45) is 1.06. The van der Waals surface area contributed by atoms with Crippen LogP contribution in [0.15, 0.2) is 24.3 Å². The molecule has 0 aromatic heterocycles. The van der Waals surface area contributed by atoms with Gasteiger partial charge in [-0.1, -0.05) is 12.1 Å². The lowest BCUT2D eigenvalue weighted by Gasteiger charge is -2.43. The number of benzene rings is 1. The molecule has 0 radical (unpaired) electrons. The van der Waals surface area contributed by atoms with Crippen molar-refractivity contribution in [1.82, 2.24) is 4.90 Å². The van der Waals surface area contributed by atoms with Gasteiger partial charge in [-0.15, -0.1) is 0 Å². The second kappa shape index (κ2) is 5.59. The predicted octanol–water partition coefficient (Wildman–Crippen LogP) is 2.15. The molecule has 106 valence electrons. The SMILES string of the molecule is CN(C(=O)CC(O)c1cccc(F)c1)C1(C#N)CCC1.